The third-order valence-corrected chi connectivity index (χ3v) is 2.07. The number of nitrogen functional groups attached to an aromatic ring is 1. The van der Waals surface area contributed by atoms with E-state index in [0.717, 1.165) is 12.2 Å². The van der Waals surface area contributed by atoms with Gasteiger partial charge in [0.25, 0.3) is 0 Å². The van der Waals surface area contributed by atoms with Crippen molar-refractivity contribution in [1.29, 1.82) is 0 Å². The second-order valence-corrected chi connectivity index (χ2v) is 2.87. The van der Waals surface area contributed by atoms with Gasteiger partial charge < -0.3 is 11.1 Å². The van der Waals surface area contributed by atoms with Gasteiger partial charge in [0, 0.05) is 12.6 Å². The van der Waals surface area contributed by atoms with Crippen molar-refractivity contribution in [3.63, 3.8) is 0 Å². The van der Waals surface area contributed by atoms with Gasteiger partial charge in [-0.3, -0.25) is 0 Å². The molecule has 1 unspecified atom stereocenters. The minimum absolute atomic E-state index is 0.429. The van der Waals surface area contributed by atoms with E-state index >= 15 is 0 Å². The summed E-state index contributed by atoms with van der Waals surface area (Å²) in [6.45, 7) is 2.98. The zero-order valence-corrected chi connectivity index (χ0v) is 6.46. The van der Waals surface area contributed by atoms with Gasteiger partial charge in [-0.05, 0) is 18.6 Å². The van der Waals surface area contributed by atoms with Crippen LogP contribution in [0.25, 0.3) is 0 Å². The molecule has 0 fully saturated rings. The van der Waals surface area contributed by atoms with E-state index in [4.69, 9.17) is 5.73 Å². The molecule has 58 valence electrons. The zero-order valence-electron chi connectivity index (χ0n) is 6.46. The molecule has 3 heteroatoms. The fraction of sp³-hybridized carbons (Fsp3) is 0.375. The molecule has 1 aliphatic heterocycles. The Hall–Kier alpha value is -1.09. The Kier molecular flexibility index (Phi) is 1.32. The molecule has 3 N–H and O–H groups in total. The third kappa shape index (κ3) is 0.973. The van der Waals surface area contributed by atoms with Gasteiger partial charge in [-0.25, -0.2) is 4.98 Å². The van der Waals surface area contributed by atoms with Crippen LogP contribution in [-0.2, 0) is 6.54 Å². The molecular weight excluding hydrogens is 138 g/mol. The van der Waals surface area contributed by atoms with E-state index in [2.05, 4.69) is 17.2 Å². The van der Waals surface area contributed by atoms with E-state index in [0.29, 0.717) is 11.9 Å². The van der Waals surface area contributed by atoms with Gasteiger partial charge in [0.15, 0.2) is 0 Å². The molecule has 0 aromatic carbocycles. The molecule has 0 spiro atoms. The molecule has 1 atom stereocenters. The van der Waals surface area contributed by atoms with Crippen LogP contribution in [-0.4, -0.2) is 4.98 Å². The summed E-state index contributed by atoms with van der Waals surface area (Å²) in [6.07, 6.45) is 0. The molecular formula is C8H11N3. The highest BCUT2D eigenvalue weighted by atomic mass is 15.0. The van der Waals surface area contributed by atoms with E-state index in [1.165, 1.54) is 5.56 Å². The van der Waals surface area contributed by atoms with Crippen LogP contribution in [0.4, 0.5) is 5.82 Å². The van der Waals surface area contributed by atoms with Crippen molar-refractivity contribution in [2.24, 2.45) is 0 Å². The Morgan fingerprint density at radius 3 is 3.27 bits per heavy atom. The van der Waals surface area contributed by atoms with Crippen molar-refractivity contribution in [3.05, 3.63) is 23.4 Å². The molecule has 0 saturated carbocycles. The Bertz CT molecular complexity index is 283. The van der Waals surface area contributed by atoms with E-state index in [9.17, 15) is 0 Å². The highest BCUT2D eigenvalue weighted by Gasteiger charge is 2.18. The molecule has 1 aliphatic rings. The van der Waals surface area contributed by atoms with Gasteiger partial charge in [-0.1, -0.05) is 6.07 Å². The number of aromatic nitrogens is 1. The average Bonchev–Trinajstić information content (AvgIpc) is 2.32. The van der Waals surface area contributed by atoms with Crippen molar-refractivity contribution in [3.8, 4) is 0 Å². The van der Waals surface area contributed by atoms with Crippen LogP contribution in [0, 0.1) is 0 Å². The summed E-state index contributed by atoms with van der Waals surface area (Å²) in [7, 11) is 0. The number of hydrogen-bond acceptors (Lipinski definition) is 3. The van der Waals surface area contributed by atoms with Crippen LogP contribution in [0.3, 0.4) is 0 Å². The molecule has 0 bridgehead atoms. The minimum Gasteiger partial charge on any atom is -0.384 e. The topological polar surface area (TPSA) is 50.9 Å². The van der Waals surface area contributed by atoms with Gasteiger partial charge in [-0.2, -0.15) is 0 Å². The fourth-order valence-electron chi connectivity index (χ4n) is 1.42. The Morgan fingerprint density at radius 2 is 2.45 bits per heavy atom. The van der Waals surface area contributed by atoms with E-state index in [1.807, 2.05) is 12.1 Å². The predicted octanol–water partition coefficient (Wildman–Crippen LogP) is 0.828. The lowest BCUT2D eigenvalue weighted by molar-refractivity contribution is 0.632. The maximum absolute atomic E-state index is 5.54. The number of rotatable bonds is 0. The number of anilines is 1. The minimum atomic E-state index is 0.429. The predicted molar refractivity (Wildman–Crippen MR) is 43.9 cm³/mol. The zero-order chi connectivity index (χ0) is 7.84. The maximum Gasteiger partial charge on any atom is 0.123 e. The van der Waals surface area contributed by atoms with E-state index < -0.39 is 0 Å². The quantitative estimate of drug-likeness (QED) is 0.574. The second kappa shape index (κ2) is 2.20. The molecule has 0 radical (unpaired) electrons. The molecule has 2 rings (SSSR count). The SMILES string of the molecule is CC1NCc2nc(N)ccc21. The summed E-state index contributed by atoms with van der Waals surface area (Å²) in [4.78, 5) is 4.22. The summed E-state index contributed by atoms with van der Waals surface area (Å²) in [5, 5.41) is 3.29. The van der Waals surface area contributed by atoms with E-state index in [-0.39, 0.29) is 0 Å². The molecule has 1 aromatic rings. The average molecular weight is 149 g/mol. The van der Waals surface area contributed by atoms with Crippen LogP contribution >= 0.6 is 0 Å². The standard InChI is InChI=1S/C8H11N3/c1-5-6-2-3-8(9)11-7(6)4-10-5/h2-3,5,10H,4H2,1H3,(H2,9,11). The van der Waals surface area contributed by atoms with Crippen molar-refractivity contribution >= 4 is 5.82 Å². The van der Waals surface area contributed by atoms with Crippen LogP contribution in [0.2, 0.25) is 0 Å². The number of nitrogens with one attached hydrogen (secondary N) is 1. The molecule has 3 nitrogen and oxygen atoms in total. The fourth-order valence-corrected chi connectivity index (χ4v) is 1.42. The summed E-state index contributed by atoms with van der Waals surface area (Å²) < 4.78 is 0. The van der Waals surface area contributed by atoms with Gasteiger partial charge in [0.1, 0.15) is 5.82 Å². The first-order valence-electron chi connectivity index (χ1n) is 3.76. The first-order chi connectivity index (χ1) is 5.27. The molecule has 11 heavy (non-hydrogen) atoms. The first kappa shape index (κ1) is 6.61. The Balaban J connectivity index is 2.50. The van der Waals surface area contributed by atoms with Crippen LogP contribution in [0.5, 0.6) is 0 Å². The largest absolute Gasteiger partial charge is 0.384 e. The molecule has 1 aromatic heterocycles. The third-order valence-electron chi connectivity index (χ3n) is 2.07. The highest BCUT2D eigenvalue weighted by Crippen LogP contribution is 2.23. The smallest absolute Gasteiger partial charge is 0.123 e. The number of pyridine rings is 1. The Labute approximate surface area is 65.6 Å². The normalized spacial score (nSPS) is 21.7. The lowest BCUT2D eigenvalue weighted by Crippen LogP contribution is -2.06. The molecule has 2 heterocycles. The molecule has 0 amide bonds. The van der Waals surface area contributed by atoms with Crippen molar-refractivity contribution in [2.45, 2.75) is 19.5 Å². The van der Waals surface area contributed by atoms with Crippen LogP contribution in [0.15, 0.2) is 12.1 Å². The summed E-state index contributed by atoms with van der Waals surface area (Å²) in [6, 6.07) is 4.32. The van der Waals surface area contributed by atoms with Gasteiger partial charge in [0.2, 0.25) is 0 Å². The Morgan fingerprint density at radius 1 is 1.64 bits per heavy atom. The number of nitrogens with two attached hydrogens (primary N) is 1. The highest BCUT2D eigenvalue weighted by molar-refractivity contribution is 5.37. The number of fused-ring (bicyclic) bond motifs is 1. The summed E-state index contributed by atoms with van der Waals surface area (Å²) in [5.74, 6) is 0.611. The van der Waals surface area contributed by atoms with Crippen LogP contribution < -0.4 is 11.1 Å². The first-order valence-corrected chi connectivity index (χ1v) is 3.76. The van der Waals surface area contributed by atoms with Crippen molar-refractivity contribution < 1.29 is 0 Å². The summed E-state index contributed by atoms with van der Waals surface area (Å²) >= 11 is 0. The molecule has 0 aliphatic carbocycles. The molecule has 0 saturated heterocycles. The monoisotopic (exact) mass is 149 g/mol. The van der Waals surface area contributed by atoms with Gasteiger partial charge >= 0.3 is 0 Å². The lowest BCUT2D eigenvalue weighted by Gasteiger charge is -2.02. The van der Waals surface area contributed by atoms with Gasteiger partial charge in [-0.15, -0.1) is 0 Å². The van der Waals surface area contributed by atoms with Crippen LogP contribution in [0.1, 0.15) is 24.2 Å². The van der Waals surface area contributed by atoms with E-state index in [1.54, 1.807) is 0 Å². The number of hydrogen-bond donors (Lipinski definition) is 2. The van der Waals surface area contributed by atoms with Crippen molar-refractivity contribution in [1.82, 2.24) is 10.3 Å². The van der Waals surface area contributed by atoms with Crippen molar-refractivity contribution in [2.75, 3.05) is 5.73 Å². The van der Waals surface area contributed by atoms with Gasteiger partial charge in [0.05, 0.1) is 5.69 Å². The summed E-state index contributed by atoms with van der Waals surface area (Å²) in [5.41, 5.74) is 7.91. The second-order valence-electron chi connectivity index (χ2n) is 2.87. The lowest BCUT2D eigenvalue weighted by atomic mass is 10.1. The number of nitrogens with zero attached hydrogens (tertiary/aromatic N) is 1. The maximum atomic E-state index is 5.54.